The zero-order chi connectivity index (χ0) is 20.2. The summed E-state index contributed by atoms with van der Waals surface area (Å²) in [7, 11) is 1.56. The van der Waals surface area contributed by atoms with Gasteiger partial charge in [-0.1, -0.05) is 33.8 Å². The monoisotopic (exact) mass is 404 g/mol. The number of fused-ring (bicyclic) bond motifs is 1. The van der Waals surface area contributed by atoms with Crippen molar-refractivity contribution in [2.24, 2.45) is 0 Å². The van der Waals surface area contributed by atoms with Gasteiger partial charge in [-0.15, -0.1) is 0 Å². The maximum absolute atomic E-state index is 13.1. The van der Waals surface area contributed by atoms with Crippen molar-refractivity contribution in [1.29, 1.82) is 0 Å². The van der Waals surface area contributed by atoms with E-state index in [2.05, 4.69) is 33.8 Å². The Morgan fingerprint density at radius 3 is 1.89 bits per heavy atom. The van der Waals surface area contributed by atoms with Crippen molar-refractivity contribution in [1.82, 2.24) is 0 Å². The molecule has 0 bridgehead atoms. The second-order valence-corrected chi connectivity index (χ2v) is 11.3. The van der Waals surface area contributed by atoms with Crippen LogP contribution in [0, 0.1) is 6.92 Å². The van der Waals surface area contributed by atoms with Gasteiger partial charge in [0, 0.05) is 21.8 Å². The Morgan fingerprint density at radius 2 is 1.41 bits per heavy atom. The van der Waals surface area contributed by atoms with Crippen molar-refractivity contribution in [2.45, 2.75) is 63.2 Å². The summed E-state index contributed by atoms with van der Waals surface area (Å²) in [5, 5.41) is 0. The van der Waals surface area contributed by atoms with Crippen LogP contribution < -0.4 is 0 Å². The van der Waals surface area contributed by atoms with E-state index >= 15 is 0 Å². The van der Waals surface area contributed by atoms with Crippen LogP contribution in [0.2, 0.25) is 0 Å². The van der Waals surface area contributed by atoms with Gasteiger partial charge in [0.2, 0.25) is 0 Å². The molecule has 0 fully saturated rings. The number of halogens is 1. The summed E-state index contributed by atoms with van der Waals surface area (Å²) in [5.74, 6) is -0.104. The van der Waals surface area contributed by atoms with E-state index in [1.807, 2.05) is 13.0 Å². The van der Waals surface area contributed by atoms with E-state index in [9.17, 15) is 13.2 Å². The van der Waals surface area contributed by atoms with E-state index in [0.29, 0.717) is 11.1 Å². The fraction of sp³-hybridized carbons (Fsp3) is 0.409. The van der Waals surface area contributed by atoms with E-state index in [1.165, 1.54) is 35.4 Å². The van der Waals surface area contributed by atoms with Crippen LogP contribution in [0.25, 0.3) is 0 Å². The van der Waals surface area contributed by atoms with Gasteiger partial charge in [0.25, 0.3) is 9.05 Å². The largest absolute Gasteiger partial charge is 0.289 e. The highest BCUT2D eigenvalue weighted by Gasteiger charge is 2.37. The van der Waals surface area contributed by atoms with Crippen LogP contribution >= 0.6 is 10.7 Å². The Hall–Kier alpha value is -1.65. The van der Waals surface area contributed by atoms with Gasteiger partial charge in [0.15, 0.2) is 5.78 Å². The average molecular weight is 405 g/mol. The average Bonchev–Trinajstić information content (AvgIpc) is 2.57. The molecular formula is C22H25ClO3S. The lowest BCUT2D eigenvalue weighted by Crippen LogP contribution is -2.34. The summed E-state index contributed by atoms with van der Waals surface area (Å²) in [5.41, 5.74) is 4.72. The highest BCUT2D eigenvalue weighted by molar-refractivity contribution is 8.13. The summed E-state index contributed by atoms with van der Waals surface area (Å²) in [6.07, 6.45) is 2.19. The molecule has 3 nitrogen and oxygen atoms in total. The van der Waals surface area contributed by atoms with Crippen molar-refractivity contribution >= 4 is 25.5 Å². The van der Waals surface area contributed by atoms with E-state index in [-0.39, 0.29) is 21.5 Å². The first-order chi connectivity index (χ1) is 12.3. The van der Waals surface area contributed by atoms with Gasteiger partial charge < -0.3 is 0 Å². The number of carbonyl (C=O) groups excluding carboxylic acids is 1. The maximum atomic E-state index is 13.1. The third-order valence-electron chi connectivity index (χ3n) is 5.84. The minimum atomic E-state index is -3.80. The van der Waals surface area contributed by atoms with Crippen LogP contribution in [0.15, 0.2) is 41.3 Å². The van der Waals surface area contributed by atoms with Gasteiger partial charge in [-0.2, -0.15) is 0 Å². The Kier molecular flexibility index (Phi) is 4.80. The number of rotatable bonds is 3. The molecule has 1 aliphatic carbocycles. The highest BCUT2D eigenvalue weighted by Crippen LogP contribution is 2.46. The Balaban J connectivity index is 2.09. The van der Waals surface area contributed by atoms with E-state index in [4.69, 9.17) is 10.7 Å². The molecule has 27 heavy (non-hydrogen) atoms. The molecule has 0 radical (unpaired) electrons. The second-order valence-electron chi connectivity index (χ2n) is 8.77. The predicted octanol–water partition coefficient (Wildman–Crippen LogP) is 5.50. The van der Waals surface area contributed by atoms with Crippen LogP contribution in [-0.2, 0) is 19.9 Å². The Morgan fingerprint density at radius 1 is 0.926 bits per heavy atom. The molecule has 0 atom stereocenters. The molecule has 0 spiro atoms. The minimum Gasteiger partial charge on any atom is -0.289 e. The number of hydrogen-bond acceptors (Lipinski definition) is 3. The summed E-state index contributed by atoms with van der Waals surface area (Å²) >= 11 is 0. The standard InChI is InChI=1S/C22H25ClO3S/c1-14-12-18-19(22(4,5)11-10-21(18,2)3)13-17(14)20(24)15-6-8-16(9-7-15)27(23,25)26/h6-9,12-13H,10-11H2,1-5H3. The molecule has 2 aromatic rings. The van der Waals surface area contributed by atoms with Crippen molar-refractivity contribution in [3.05, 3.63) is 64.2 Å². The smallest absolute Gasteiger partial charge is 0.261 e. The number of aryl methyl sites for hydroxylation is 1. The SMILES string of the molecule is Cc1cc2c(cc1C(=O)c1ccc(S(=O)(=O)Cl)cc1)C(C)(C)CCC2(C)C. The molecule has 1 aliphatic rings. The Bertz CT molecular complexity index is 1020. The fourth-order valence-corrected chi connectivity index (χ4v) is 4.66. The summed E-state index contributed by atoms with van der Waals surface area (Å²) in [6.45, 7) is 10.9. The van der Waals surface area contributed by atoms with E-state index in [0.717, 1.165) is 18.4 Å². The molecule has 3 rings (SSSR count). The highest BCUT2D eigenvalue weighted by atomic mass is 35.7. The quantitative estimate of drug-likeness (QED) is 0.501. The predicted molar refractivity (Wildman–Crippen MR) is 109 cm³/mol. The maximum Gasteiger partial charge on any atom is 0.261 e. The third-order valence-corrected chi connectivity index (χ3v) is 7.21. The van der Waals surface area contributed by atoms with Gasteiger partial charge in [-0.25, -0.2) is 8.42 Å². The molecule has 0 amide bonds. The minimum absolute atomic E-state index is 0.00855. The van der Waals surface area contributed by atoms with Gasteiger partial charge in [0.1, 0.15) is 0 Å². The molecule has 0 aliphatic heterocycles. The number of carbonyl (C=O) groups is 1. The first-order valence-corrected chi connectivity index (χ1v) is 11.4. The van der Waals surface area contributed by atoms with E-state index < -0.39 is 9.05 Å². The first kappa shape index (κ1) is 20.1. The summed E-state index contributed by atoms with van der Waals surface area (Å²) in [4.78, 5) is 13.1. The summed E-state index contributed by atoms with van der Waals surface area (Å²) in [6, 6.07) is 9.98. The molecule has 144 valence electrons. The number of hydrogen-bond donors (Lipinski definition) is 0. The van der Waals surface area contributed by atoms with Gasteiger partial charge >= 0.3 is 0 Å². The first-order valence-electron chi connectivity index (χ1n) is 9.08. The second kappa shape index (κ2) is 6.46. The van der Waals surface area contributed by atoms with Crippen LogP contribution in [0.3, 0.4) is 0 Å². The number of ketones is 1. The van der Waals surface area contributed by atoms with Gasteiger partial charge in [0.05, 0.1) is 4.90 Å². The van der Waals surface area contributed by atoms with Crippen molar-refractivity contribution in [3.8, 4) is 0 Å². The van der Waals surface area contributed by atoms with Gasteiger partial charge in [-0.3, -0.25) is 4.79 Å². The van der Waals surface area contributed by atoms with Crippen LogP contribution in [0.5, 0.6) is 0 Å². The lowest BCUT2D eigenvalue weighted by Gasteiger charge is -2.42. The molecule has 0 N–H and O–H groups in total. The van der Waals surface area contributed by atoms with Gasteiger partial charge in [-0.05, 0) is 77.6 Å². The lowest BCUT2D eigenvalue weighted by atomic mass is 9.62. The molecule has 5 heteroatoms. The number of benzene rings is 2. The van der Waals surface area contributed by atoms with Crippen LogP contribution in [0.4, 0.5) is 0 Å². The molecule has 0 saturated carbocycles. The third kappa shape index (κ3) is 3.70. The zero-order valence-electron chi connectivity index (χ0n) is 16.4. The Labute approximate surface area is 166 Å². The molecule has 2 aromatic carbocycles. The molecular weight excluding hydrogens is 380 g/mol. The van der Waals surface area contributed by atoms with Crippen LogP contribution in [0.1, 0.15) is 73.1 Å². The molecule has 0 heterocycles. The lowest BCUT2D eigenvalue weighted by molar-refractivity contribution is 0.103. The van der Waals surface area contributed by atoms with Crippen molar-refractivity contribution in [2.75, 3.05) is 0 Å². The fourth-order valence-electron chi connectivity index (χ4n) is 3.89. The summed E-state index contributed by atoms with van der Waals surface area (Å²) < 4.78 is 22.8. The van der Waals surface area contributed by atoms with Crippen molar-refractivity contribution < 1.29 is 13.2 Å². The topological polar surface area (TPSA) is 51.2 Å². The molecule has 0 saturated heterocycles. The van der Waals surface area contributed by atoms with Crippen molar-refractivity contribution in [3.63, 3.8) is 0 Å². The normalized spacial score (nSPS) is 18.0. The van der Waals surface area contributed by atoms with E-state index in [1.54, 1.807) is 0 Å². The molecule has 0 unspecified atom stereocenters. The van der Waals surface area contributed by atoms with Crippen LogP contribution in [-0.4, -0.2) is 14.2 Å². The molecule has 0 aromatic heterocycles. The zero-order valence-corrected chi connectivity index (χ0v) is 18.0.